The van der Waals surface area contributed by atoms with Gasteiger partial charge in [0.1, 0.15) is 11.8 Å². The van der Waals surface area contributed by atoms with E-state index < -0.39 is 0 Å². The van der Waals surface area contributed by atoms with Gasteiger partial charge in [0.2, 0.25) is 0 Å². The molecule has 1 aliphatic heterocycles. The smallest absolute Gasteiger partial charge is 0.163 e. The van der Waals surface area contributed by atoms with Gasteiger partial charge in [-0.15, -0.1) is 0 Å². The van der Waals surface area contributed by atoms with Gasteiger partial charge in [-0.2, -0.15) is 0 Å². The Balaban J connectivity index is 1.70. The number of Topliss-reactive ketones (excluding diaryl/α,β-unsaturated/α-hetero) is 1. The minimum atomic E-state index is -0.278. The van der Waals surface area contributed by atoms with E-state index in [1.165, 1.54) is 0 Å². The summed E-state index contributed by atoms with van der Waals surface area (Å²) >= 11 is 6.09. The summed E-state index contributed by atoms with van der Waals surface area (Å²) < 4.78 is 5.85. The van der Waals surface area contributed by atoms with E-state index >= 15 is 0 Å². The van der Waals surface area contributed by atoms with Crippen LogP contribution >= 0.6 is 11.6 Å². The van der Waals surface area contributed by atoms with E-state index in [4.69, 9.17) is 16.0 Å². The van der Waals surface area contributed by atoms with Gasteiger partial charge >= 0.3 is 0 Å². The van der Waals surface area contributed by atoms with Gasteiger partial charge in [0.05, 0.1) is 17.6 Å². The van der Waals surface area contributed by atoms with Crippen molar-refractivity contribution in [1.29, 1.82) is 0 Å². The Labute approximate surface area is 174 Å². The average Bonchev–Trinajstić information content (AvgIpc) is 3.21. The number of allylic oxidation sites excluding steroid dienone is 1. The first-order valence-electron chi connectivity index (χ1n) is 9.87. The lowest BCUT2D eigenvalue weighted by Gasteiger charge is -2.34. The first-order chi connectivity index (χ1) is 14.2. The Morgan fingerprint density at radius 3 is 2.66 bits per heavy atom. The van der Waals surface area contributed by atoms with Crippen LogP contribution in [0.1, 0.15) is 36.6 Å². The molecule has 5 rings (SSSR count). The maximum Gasteiger partial charge on any atom is 0.163 e. The molecule has 0 fully saturated rings. The number of anilines is 2. The second-order valence-electron chi connectivity index (χ2n) is 7.48. The molecular weight excluding hydrogens is 384 g/mol. The summed E-state index contributed by atoms with van der Waals surface area (Å²) in [5.74, 6) is 0.967. The molecule has 0 amide bonds. The van der Waals surface area contributed by atoms with Crippen molar-refractivity contribution in [2.75, 3.05) is 10.2 Å². The summed E-state index contributed by atoms with van der Waals surface area (Å²) in [7, 11) is 0. The van der Waals surface area contributed by atoms with Gasteiger partial charge in [-0.1, -0.05) is 35.9 Å². The molecule has 0 bridgehead atoms. The highest BCUT2D eigenvalue weighted by atomic mass is 35.5. The number of furan rings is 1. The number of hydrogen-bond acceptors (Lipinski definition) is 4. The fourth-order valence-corrected chi connectivity index (χ4v) is 4.43. The van der Waals surface area contributed by atoms with Crippen molar-refractivity contribution in [2.45, 2.75) is 31.8 Å². The number of nitrogens with one attached hydrogen (secondary N) is 1. The maximum atomic E-state index is 13.1. The molecule has 4 nitrogen and oxygen atoms in total. The monoisotopic (exact) mass is 404 g/mol. The quantitative estimate of drug-likeness (QED) is 0.571. The number of hydrogen-bond donors (Lipinski definition) is 1. The number of nitrogens with zero attached hydrogens (tertiary/aromatic N) is 1. The Hall–Kier alpha value is -2.98. The van der Waals surface area contributed by atoms with Crippen LogP contribution in [0.2, 0.25) is 5.02 Å². The fourth-order valence-electron chi connectivity index (χ4n) is 4.30. The van der Waals surface area contributed by atoms with E-state index in [0.717, 1.165) is 46.8 Å². The highest BCUT2D eigenvalue weighted by Crippen LogP contribution is 2.45. The molecule has 2 aromatic carbocycles. The molecular formula is C24H21ClN2O2. The van der Waals surface area contributed by atoms with Crippen molar-refractivity contribution in [3.63, 3.8) is 0 Å². The molecule has 29 heavy (non-hydrogen) atoms. The van der Waals surface area contributed by atoms with Crippen molar-refractivity contribution >= 4 is 28.8 Å². The van der Waals surface area contributed by atoms with Gasteiger partial charge in [-0.05, 0) is 54.8 Å². The molecule has 2 aliphatic rings. The highest BCUT2D eigenvalue weighted by molar-refractivity contribution is 6.30. The van der Waals surface area contributed by atoms with Crippen molar-refractivity contribution in [3.05, 3.63) is 94.5 Å². The standard InChI is InChI=1S/C24H21ClN2O2/c25-17-12-10-16(11-13-17)15-27-20-7-2-1-5-18(20)26-19-6-3-8-21(28)23(19)24(27)22-9-4-14-29-22/h1-2,4-5,7,9-14,24,26H,3,6,8,15H2. The number of carbonyl (C=O) groups excluding carboxylic acids is 1. The number of para-hydroxylation sites is 2. The van der Waals surface area contributed by atoms with Crippen LogP contribution in [-0.4, -0.2) is 5.78 Å². The van der Waals surface area contributed by atoms with Crippen molar-refractivity contribution in [3.8, 4) is 0 Å². The van der Waals surface area contributed by atoms with E-state index in [9.17, 15) is 4.79 Å². The zero-order valence-electron chi connectivity index (χ0n) is 15.9. The summed E-state index contributed by atoms with van der Waals surface area (Å²) in [5.41, 5.74) is 5.00. The van der Waals surface area contributed by atoms with Crippen molar-refractivity contribution in [1.82, 2.24) is 0 Å². The summed E-state index contributed by atoms with van der Waals surface area (Å²) in [6.07, 6.45) is 3.98. The van der Waals surface area contributed by atoms with Gasteiger partial charge in [0.15, 0.2) is 5.78 Å². The second-order valence-corrected chi connectivity index (χ2v) is 7.92. The first kappa shape index (κ1) is 18.1. The van der Waals surface area contributed by atoms with Crippen LogP contribution in [0.25, 0.3) is 0 Å². The first-order valence-corrected chi connectivity index (χ1v) is 10.3. The molecule has 0 saturated carbocycles. The molecule has 1 aliphatic carbocycles. The largest absolute Gasteiger partial charge is 0.467 e. The summed E-state index contributed by atoms with van der Waals surface area (Å²) in [4.78, 5) is 15.4. The van der Waals surface area contributed by atoms with E-state index in [-0.39, 0.29) is 11.8 Å². The molecule has 0 saturated heterocycles. The molecule has 3 aromatic rings. The molecule has 1 N–H and O–H groups in total. The Morgan fingerprint density at radius 2 is 1.86 bits per heavy atom. The molecule has 5 heteroatoms. The van der Waals surface area contributed by atoms with Gasteiger partial charge in [-0.25, -0.2) is 0 Å². The van der Waals surface area contributed by atoms with Gasteiger partial charge in [0.25, 0.3) is 0 Å². The topological polar surface area (TPSA) is 45.5 Å². The van der Waals surface area contributed by atoms with Crippen molar-refractivity contribution in [2.24, 2.45) is 0 Å². The van der Waals surface area contributed by atoms with Crippen LogP contribution in [0.15, 0.2) is 82.6 Å². The third kappa shape index (κ3) is 3.34. The number of rotatable bonds is 3. The van der Waals surface area contributed by atoms with Crippen LogP contribution in [0, 0.1) is 0 Å². The van der Waals surface area contributed by atoms with Crippen LogP contribution < -0.4 is 10.2 Å². The lowest BCUT2D eigenvalue weighted by molar-refractivity contribution is -0.116. The van der Waals surface area contributed by atoms with E-state index in [1.807, 2.05) is 48.5 Å². The molecule has 2 heterocycles. The number of benzene rings is 2. The van der Waals surface area contributed by atoms with Gasteiger partial charge in [0, 0.05) is 29.3 Å². The van der Waals surface area contributed by atoms with E-state index in [0.29, 0.717) is 18.0 Å². The number of ketones is 1. The van der Waals surface area contributed by atoms with Crippen LogP contribution in [0.5, 0.6) is 0 Å². The lowest BCUT2D eigenvalue weighted by Crippen LogP contribution is -2.32. The van der Waals surface area contributed by atoms with Crippen LogP contribution in [0.3, 0.4) is 0 Å². The zero-order chi connectivity index (χ0) is 19.8. The SMILES string of the molecule is O=C1CCCC2=C1C(c1ccco1)N(Cc1ccc(Cl)cc1)c1ccccc1N2. The predicted molar refractivity (Wildman–Crippen MR) is 115 cm³/mol. The minimum Gasteiger partial charge on any atom is -0.467 e. The maximum absolute atomic E-state index is 13.1. The molecule has 146 valence electrons. The fraction of sp³-hybridized carbons (Fsp3) is 0.208. The molecule has 1 unspecified atom stereocenters. The lowest BCUT2D eigenvalue weighted by atomic mass is 9.88. The molecule has 1 aromatic heterocycles. The Bertz CT molecular complexity index is 1070. The second kappa shape index (κ2) is 7.45. The number of halogens is 1. The average molecular weight is 405 g/mol. The van der Waals surface area contributed by atoms with E-state index in [2.05, 4.69) is 22.3 Å². The Kier molecular flexibility index (Phi) is 4.64. The third-order valence-electron chi connectivity index (χ3n) is 5.62. The number of carbonyl (C=O) groups is 1. The number of fused-ring (bicyclic) bond motifs is 1. The van der Waals surface area contributed by atoms with Crippen LogP contribution in [-0.2, 0) is 11.3 Å². The summed E-state index contributed by atoms with van der Waals surface area (Å²) in [5, 5.41) is 4.27. The third-order valence-corrected chi connectivity index (χ3v) is 5.87. The summed E-state index contributed by atoms with van der Waals surface area (Å²) in [6, 6.07) is 19.6. The molecule has 0 spiro atoms. The highest BCUT2D eigenvalue weighted by Gasteiger charge is 2.38. The molecule has 0 radical (unpaired) electrons. The Morgan fingerprint density at radius 1 is 1.03 bits per heavy atom. The zero-order valence-corrected chi connectivity index (χ0v) is 16.7. The van der Waals surface area contributed by atoms with Gasteiger partial charge in [-0.3, -0.25) is 4.79 Å². The van der Waals surface area contributed by atoms with Gasteiger partial charge < -0.3 is 14.6 Å². The minimum absolute atomic E-state index is 0.189. The normalized spacial score (nSPS) is 18.7. The predicted octanol–water partition coefficient (Wildman–Crippen LogP) is 6.11. The molecule has 1 atom stereocenters. The van der Waals surface area contributed by atoms with Crippen LogP contribution in [0.4, 0.5) is 11.4 Å². The van der Waals surface area contributed by atoms with Crippen molar-refractivity contribution < 1.29 is 9.21 Å². The summed E-state index contributed by atoms with van der Waals surface area (Å²) in [6.45, 7) is 0.630. The van der Waals surface area contributed by atoms with E-state index in [1.54, 1.807) is 6.26 Å².